The van der Waals surface area contributed by atoms with Gasteiger partial charge in [0.2, 0.25) is 0 Å². The quantitative estimate of drug-likeness (QED) is 0.578. The molecule has 1 spiro atoms. The molecule has 0 bridgehead atoms. The fourth-order valence-electron chi connectivity index (χ4n) is 2.38. The van der Waals surface area contributed by atoms with Gasteiger partial charge < -0.3 is 14.2 Å². The van der Waals surface area contributed by atoms with E-state index in [-0.39, 0.29) is 11.9 Å². The maximum atomic E-state index is 5.97. The standard InChI is InChI=1S/C10H16O3/c1-2-4-10(5-3-1)12-7-9(13-10)8-6-11-8/h8-9H,1-7H2/t8-,9-/m0/s1. The summed E-state index contributed by atoms with van der Waals surface area (Å²) >= 11 is 0. The molecule has 13 heavy (non-hydrogen) atoms. The smallest absolute Gasteiger partial charge is 0.169 e. The third kappa shape index (κ3) is 1.49. The van der Waals surface area contributed by atoms with Gasteiger partial charge in [0.1, 0.15) is 12.2 Å². The zero-order chi connectivity index (χ0) is 8.73. The number of epoxide rings is 1. The van der Waals surface area contributed by atoms with Gasteiger partial charge in [0.05, 0.1) is 13.2 Å². The highest BCUT2D eigenvalue weighted by Crippen LogP contribution is 2.40. The van der Waals surface area contributed by atoms with Gasteiger partial charge >= 0.3 is 0 Å². The molecule has 3 rings (SSSR count). The molecule has 3 aliphatic rings. The van der Waals surface area contributed by atoms with Crippen LogP contribution in [0.4, 0.5) is 0 Å². The summed E-state index contributed by atoms with van der Waals surface area (Å²) in [5.74, 6) is -0.213. The lowest BCUT2D eigenvalue weighted by Crippen LogP contribution is -2.34. The van der Waals surface area contributed by atoms with Gasteiger partial charge in [0, 0.05) is 12.8 Å². The molecular weight excluding hydrogens is 168 g/mol. The Morgan fingerprint density at radius 1 is 0.923 bits per heavy atom. The maximum absolute atomic E-state index is 5.97. The third-order valence-electron chi connectivity index (χ3n) is 3.27. The molecular formula is C10H16O3. The van der Waals surface area contributed by atoms with Crippen LogP contribution in [0.2, 0.25) is 0 Å². The van der Waals surface area contributed by atoms with Crippen LogP contribution in [0.3, 0.4) is 0 Å². The molecule has 2 saturated heterocycles. The molecule has 0 radical (unpaired) electrons. The normalized spacial score (nSPS) is 42.5. The number of ether oxygens (including phenoxy) is 3. The van der Waals surface area contributed by atoms with Crippen LogP contribution in [-0.4, -0.2) is 31.2 Å². The Morgan fingerprint density at radius 3 is 2.38 bits per heavy atom. The van der Waals surface area contributed by atoms with Crippen molar-refractivity contribution in [2.24, 2.45) is 0 Å². The van der Waals surface area contributed by atoms with E-state index in [0.29, 0.717) is 6.10 Å². The fourth-order valence-corrected chi connectivity index (χ4v) is 2.38. The molecule has 1 saturated carbocycles. The zero-order valence-corrected chi connectivity index (χ0v) is 7.83. The van der Waals surface area contributed by atoms with Crippen LogP contribution in [0.5, 0.6) is 0 Å². The van der Waals surface area contributed by atoms with Crippen LogP contribution in [0.15, 0.2) is 0 Å². The first-order valence-electron chi connectivity index (χ1n) is 5.31. The van der Waals surface area contributed by atoms with E-state index in [2.05, 4.69) is 0 Å². The van der Waals surface area contributed by atoms with E-state index >= 15 is 0 Å². The van der Waals surface area contributed by atoms with Crippen molar-refractivity contribution < 1.29 is 14.2 Å². The molecule has 0 amide bonds. The Hall–Kier alpha value is -0.120. The Morgan fingerprint density at radius 2 is 1.69 bits per heavy atom. The van der Waals surface area contributed by atoms with Gasteiger partial charge in [-0.25, -0.2) is 0 Å². The van der Waals surface area contributed by atoms with Crippen LogP contribution in [-0.2, 0) is 14.2 Å². The number of hydrogen-bond acceptors (Lipinski definition) is 3. The minimum atomic E-state index is -0.213. The summed E-state index contributed by atoms with van der Waals surface area (Å²) in [5.41, 5.74) is 0. The van der Waals surface area contributed by atoms with Gasteiger partial charge in [-0.2, -0.15) is 0 Å². The fraction of sp³-hybridized carbons (Fsp3) is 1.00. The third-order valence-corrected chi connectivity index (χ3v) is 3.27. The summed E-state index contributed by atoms with van der Waals surface area (Å²) in [6, 6.07) is 0. The highest BCUT2D eigenvalue weighted by atomic mass is 16.8. The highest BCUT2D eigenvalue weighted by Gasteiger charge is 2.48. The van der Waals surface area contributed by atoms with E-state index in [1.54, 1.807) is 0 Å². The first kappa shape index (κ1) is 8.21. The minimum absolute atomic E-state index is 0.213. The predicted molar refractivity (Wildman–Crippen MR) is 46.4 cm³/mol. The lowest BCUT2D eigenvalue weighted by Gasteiger charge is -2.31. The first-order valence-corrected chi connectivity index (χ1v) is 5.31. The Bertz CT molecular complexity index is 194. The van der Waals surface area contributed by atoms with Crippen LogP contribution in [0.25, 0.3) is 0 Å². The van der Waals surface area contributed by atoms with Crippen molar-refractivity contribution >= 4 is 0 Å². The van der Waals surface area contributed by atoms with Crippen molar-refractivity contribution in [1.29, 1.82) is 0 Å². The van der Waals surface area contributed by atoms with Gasteiger partial charge in [-0.15, -0.1) is 0 Å². The van der Waals surface area contributed by atoms with Gasteiger partial charge in [0.25, 0.3) is 0 Å². The molecule has 3 heteroatoms. The largest absolute Gasteiger partial charge is 0.370 e. The average molecular weight is 184 g/mol. The molecule has 2 heterocycles. The molecule has 0 N–H and O–H groups in total. The molecule has 0 unspecified atom stereocenters. The van der Waals surface area contributed by atoms with Crippen molar-refractivity contribution in [3.63, 3.8) is 0 Å². The Labute approximate surface area is 78.3 Å². The summed E-state index contributed by atoms with van der Waals surface area (Å²) in [6.45, 7) is 1.61. The molecule has 0 aromatic rings. The monoisotopic (exact) mass is 184 g/mol. The second-order valence-electron chi connectivity index (χ2n) is 4.31. The van der Waals surface area contributed by atoms with Gasteiger partial charge in [-0.05, 0) is 12.8 Å². The molecule has 2 aliphatic heterocycles. The van der Waals surface area contributed by atoms with E-state index in [1.165, 1.54) is 19.3 Å². The summed E-state index contributed by atoms with van der Waals surface area (Å²) in [4.78, 5) is 0. The van der Waals surface area contributed by atoms with Crippen molar-refractivity contribution in [2.75, 3.05) is 13.2 Å². The van der Waals surface area contributed by atoms with Crippen molar-refractivity contribution in [1.82, 2.24) is 0 Å². The number of hydrogen-bond donors (Lipinski definition) is 0. The maximum Gasteiger partial charge on any atom is 0.169 e. The van der Waals surface area contributed by atoms with Gasteiger partial charge in [0.15, 0.2) is 5.79 Å². The SMILES string of the molecule is C1CCC2(CC1)OC[C@@H]([C@@H]1CO1)O2. The van der Waals surface area contributed by atoms with E-state index < -0.39 is 0 Å². The van der Waals surface area contributed by atoms with Crippen LogP contribution >= 0.6 is 0 Å². The molecule has 2 atom stereocenters. The van der Waals surface area contributed by atoms with Gasteiger partial charge in [-0.3, -0.25) is 0 Å². The van der Waals surface area contributed by atoms with E-state index in [0.717, 1.165) is 26.1 Å². The molecule has 1 aliphatic carbocycles. The minimum Gasteiger partial charge on any atom is -0.370 e. The highest BCUT2D eigenvalue weighted by molar-refractivity contribution is 4.89. The molecule has 74 valence electrons. The average Bonchev–Trinajstić information content (AvgIpc) is 2.93. The summed E-state index contributed by atoms with van der Waals surface area (Å²) in [6.07, 6.45) is 6.54. The zero-order valence-electron chi connectivity index (χ0n) is 7.83. The lowest BCUT2D eigenvalue weighted by molar-refractivity contribution is -0.188. The molecule has 3 nitrogen and oxygen atoms in total. The first-order chi connectivity index (χ1) is 6.38. The second kappa shape index (κ2) is 2.94. The molecule has 3 fully saturated rings. The van der Waals surface area contributed by atoms with E-state index in [9.17, 15) is 0 Å². The van der Waals surface area contributed by atoms with Crippen LogP contribution in [0, 0.1) is 0 Å². The van der Waals surface area contributed by atoms with Crippen LogP contribution < -0.4 is 0 Å². The Kier molecular flexibility index (Phi) is 1.86. The van der Waals surface area contributed by atoms with Crippen molar-refractivity contribution in [2.45, 2.75) is 50.1 Å². The lowest BCUT2D eigenvalue weighted by atomic mass is 9.94. The summed E-state index contributed by atoms with van der Waals surface area (Å²) in [7, 11) is 0. The summed E-state index contributed by atoms with van der Waals surface area (Å²) < 4.78 is 17.0. The molecule has 0 aromatic heterocycles. The van der Waals surface area contributed by atoms with E-state index in [1.807, 2.05) is 0 Å². The van der Waals surface area contributed by atoms with Crippen molar-refractivity contribution in [3.05, 3.63) is 0 Å². The van der Waals surface area contributed by atoms with E-state index in [4.69, 9.17) is 14.2 Å². The topological polar surface area (TPSA) is 31.0 Å². The number of rotatable bonds is 1. The Balaban J connectivity index is 1.64. The summed E-state index contributed by atoms with van der Waals surface area (Å²) in [5, 5.41) is 0. The molecule has 0 aromatic carbocycles. The van der Waals surface area contributed by atoms with Gasteiger partial charge in [-0.1, -0.05) is 6.42 Å². The van der Waals surface area contributed by atoms with Crippen LogP contribution in [0.1, 0.15) is 32.1 Å². The van der Waals surface area contributed by atoms with Crippen molar-refractivity contribution in [3.8, 4) is 0 Å². The second-order valence-corrected chi connectivity index (χ2v) is 4.31. The predicted octanol–water partition coefficient (Wildman–Crippen LogP) is 1.46.